The van der Waals surface area contributed by atoms with Crippen LogP contribution in [0.2, 0.25) is 0 Å². The Kier molecular flexibility index (Phi) is 7.78. The van der Waals surface area contributed by atoms with Gasteiger partial charge in [0.1, 0.15) is 6.10 Å². The number of esters is 1. The first-order chi connectivity index (χ1) is 12.5. The first-order valence-electron chi connectivity index (χ1n) is 8.87. The molecule has 2 aromatic carbocycles. The van der Waals surface area contributed by atoms with Crippen molar-refractivity contribution in [1.29, 1.82) is 0 Å². The number of hydrogen-bond donors (Lipinski definition) is 2. The van der Waals surface area contributed by atoms with E-state index in [0.717, 1.165) is 11.1 Å². The van der Waals surface area contributed by atoms with Crippen LogP contribution in [0.1, 0.15) is 25.0 Å². The third kappa shape index (κ3) is 5.66. The summed E-state index contributed by atoms with van der Waals surface area (Å²) in [4.78, 5) is 13.8. The van der Waals surface area contributed by atoms with Crippen LogP contribution >= 0.6 is 0 Å². The summed E-state index contributed by atoms with van der Waals surface area (Å²) in [5, 5.41) is 20.6. The SMILES string of the molecule is CCOC(=O)[C@@H](O)[C@H](O)[C@H](C)N(Cc1ccccc1)Cc1ccccc1. The zero-order chi connectivity index (χ0) is 18.9. The summed E-state index contributed by atoms with van der Waals surface area (Å²) in [6.45, 7) is 4.80. The quantitative estimate of drug-likeness (QED) is 0.674. The Hall–Kier alpha value is -2.21. The second-order valence-electron chi connectivity index (χ2n) is 6.30. The standard InChI is InChI=1S/C21H27NO4/c1-3-26-21(25)20(24)19(23)16(2)22(14-17-10-6-4-7-11-17)15-18-12-8-5-9-13-18/h4-13,16,19-20,23-24H,3,14-15H2,1-2H3/t16-,19+,20-/m0/s1. The molecule has 0 aliphatic rings. The second kappa shape index (κ2) is 10.1. The van der Waals surface area contributed by atoms with E-state index in [1.807, 2.05) is 65.6 Å². The molecule has 0 bridgehead atoms. The molecule has 140 valence electrons. The van der Waals surface area contributed by atoms with Crippen molar-refractivity contribution in [3.63, 3.8) is 0 Å². The van der Waals surface area contributed by atoms with Crippen LogP contribution < -0.4 is 0 Å². The summed E-state index contributed by atoms with van der Waals surface area (Å²) in [6.07, 6.45) is -2.82. The van der Waals surface area contributed by atoms with E-state index in [2.05, 4.69) is 0 Å². The number of nitrogens with zero attached hydrogens (tertiary/aromatic N) is 1. The molecule has 0 amide bonds. The topological polar surface area (TPSA) is 70.0 Å². The van der Waals surface area contributed by atoms with Crippen molar-refractivity contribution in [3.05, 3.63) is 71.8 Å². The van der Waals surface area contributed by atoms with Gasteiger partial charge in [-0.2, -0.15) is 0 Å². The maximum absolute atomic E-state index is 11.8. The minimum atomic E-state index is -1.57. The van der Waals surface area contributed by atoms with Gasteiger partial charge in [-0.15, -0.1) is 0 Å². The van der Waals surface area contributed by atoms with Crippen LogP contribution in [0.25, 0.3) is 0 Å². The van der Waals surface area contributed by atoms with Gasteiger partial charge in [-0.1, -0.05) is 60.7 Å². The van der Waals surface area contributed by atoms with Gasteiger partial charge < -0.3 is 14.9 Å². The fourth-order valence-corrected chi connectivity index (χ4v) is 2.83. The Balaban J connectivity index is 2.16. The fraction of sp³-hybridized carbons (Fsp3) is 0.381. The lowest BCUT2D eigenvalue weighted by Gasteiger charge is -2.34. The van der Waals surface area contributed by atoms with Crippen LogP contribution in [-0.4, -0.2) is 45.9 Å². The van der Waals surface area contributed by atoms with Crippen molar-refractivity contribution in [2.45, 2.75) is 45.2 Å². The van der Waals surface area contributed by atoms with Crippen LogP contribution in [0.3, 0.4) is 0 Å². The van der Waals surface area contributed by atoms with E-state index in [1.54, 1.807) is 13.8 Å². The van der Waals surface area contributed by atoms with E-state index in [0.29, 0.717) is 13.1 Å². The molecule has 0 fully saturated rings. The molecular weight excluding hydrogens is 330 g/mol. The Morgan fingerprint density at radius 2 is 1.42 bits per heavy atom. The van der Waals surface area contributed by atoms with Crippen LogP contribution in [-0.2, 0) is 22.6 Å². The Morgan fingerprint density at radius 3 is 1.85 bits per heavy atom. The highest BCUT2D eigenvalue weighted by Crippen LogP contribution is 2.17. The largest absolute Gasteiger partial charge is 0.464 e. The van der Waals surface area contributed by atoms with Gasteiger partial charge in [-0.3, -0.25) is 4.90 Å². The fourth-order valence-electron chi connectivity index (χ4n) is 2.83. The zero-order valence-electron chi connectivity index (χ0n) is 15.3. The summed E-state index contributed by atoms with van der Waals surface area (Å²) in [5.74, 6) is -0.800. The summed E-state index contributed by atoms with van der Waals surface area (Å²) in [5.41, 5.74) is 2.18. The molecule has 5 nitrogen and oxygen atoms in total. The molecular formula is C21H27NO4. The second-order valence-corrected chi connectivity index (χ2v) is 6.30. The lowest BCUT2D eigenvalue weighted by atomic mass is 10.0. The van der Waals surface area contributed by atoms with E-state index in [9.17, 15) is 15.0 Å². The average molecular weight is 357 g/mol. The Labute approximate surface area is 154 Å². The Morgan fingerprint density at radius 1 is 0.962 bits per heavy atom. The van der Waals surface area contributed by atoms with E-state index in [-0.39, 0.29) is 6.61 Å². The monoisotopic (exact) mass is 357 g/mol. The Bertz CT molecular complexity index is 621. The lowest BCUT2D eigenvalue weighted by molar-refractivity contribution is -0.162. The predicted octanol–water partition coefficient (Wildman–Crippen LogP) is 2.36. The number of carbonyl (C=O) groups excluding carboxylic acids is 1. The van der Waals surface area contributed by atoms with Crippen molar-refractivity contribution in [3.8, 4) is 0 Å². The van der Waals surface area contributed by atoms with Crippen molar-refractivity contribution in [1.82, 2.24) is 4.90 Å². The summed E-state index contributed by atoms with van der Waals surface area (Å²) >= 11 is 0. The molecule has 0 spiro atoms. The number of hydrogen-bond acceptors (Lipinski definition) is 5. The number of ether oxygens (including phenoxy) is 1. The first kappa shape index (κ1) is 20.1. The normalized spacial score (nSPS) is 14.7. The van der Waals surface area contributed by atoms with Gasteiger partial charge in [0.05, 0.1) is 6.61 Å². The molecule has 0 saturated heterocycles. The number of benzene rings is 2. The van der Waals surface area contributed by atoms with Crippen molar-refractivity contribution in [2.75, 3.05) is 6.61 Å². The van der Waals surface area contributed by atoms with Gasteiger partial charge in [-0.25, -0.2) is 4.79 Å². The zero-order valence-corrected chi connectivity index (χ0v) is 15.3. The van der Waals surface area contributed by atoms with E-state index < -0.39 is 24.2 Å². The van der Waals surface area contributed by atoms with Crippen LogP contribution in [0.15, 0.2) is 60.7 Å². The molecule has 3 atom stereocenters. The van der Waals surface area contributed by atoms with Crippen molar-refractivity contribution in [2.24, 2.45) is 0 Å². The molecule has 2 N–H and O–H groups in total. The molecule has 0 heterocycles. The molecule has 2 rings (SSSR count). The van der Waals surface area contributed by atoms with Gasteiger partial charge in [-0.05, 0) is 25.0 Å². The molecule has 0 unspecified atom stereocenters. The molecule has 26 heavy (non-hydrogen) atoms. The minimum absolute atomic E-state index is 0.161. The van der Waals surface area contributed by atoms with Crippen LogP contribution in [0.4, 0.5) is 0 Å². The molecule has 0 radical (unpaired) electrons. The summed E-state index contributed by atoms with van der Waals surface area (Å²) in [6, 6.07) is 19.4. The van der Waals surface area contributed by atoms with Crippen molar-refractivity contribution < 1.29 is 19.7 Å². The van der Waals surface area contributed by atoms with Crippen LogP contribution in [0, 0.1) is 0 Å². The average Bonchev–Trinajstić information content (AvgIpc) is 2.67. The molecule has 2 aromatic rings. The van der Waals surface area contributed by atoms with Gasteiger partial charge in [0, 0.05) is 19.1 Å². The highest BCUT2D eigenvalue weighted by molar-refractivity contribution is 5.75. The number of rotatable bonds is 9. The summed E-state index contributed by atoms with van der Waals surface area (Å²) in [7, 11) is 0. The van der Waals surface area contributed by atoms with E-state index >= 15 is 0 Å². The van der Waals surface area contributed by atoms with Gasteiger partial charge in [0.15, 0.2) is 6.10 Å². The van der Waals surface area contributed by atoms with E-state index in [1.165, 1.54) is 0 Å². The van der Waals surface area contributed by atoms with Gasteiger partial charge >= 0.3 is 5.97 Å². The highest BCUT2D eigenvalue weighted by Gasteiger charge is 2.33. The smallest absolute Gasteiger partial charge is 0.337 e. The third-order valence-corrected chi connectivity index (χ3v) is 4.38. The molecule has 0 aromatic heterocycles. The van der Waals surface area contributed by atoms with Crippen molar-refractivity contribution >= 4 is 5.97 Å². The van der Waals surface area contributed by atoms with Crippen LogP contribution in [0.5, 0.6) is 0 Å². The third-order valence-electron chi connectivity index (χ3n) is 4.38. The van der Waals surface area contributed by atoms with E-state index in [4.69, 9.17) is 4.74 Å². The minimum Gasteiger partial charge on any atom is -0.464 e. The first-order valence-corrected chi connectivity index (χ1v) is 8.87. The number of carbonyl (C=O) groups is 1. The predicted molar refractivity (Wildman–Crippen MR) is 100 cm³/mol. The maximum Gasteiger partial charge on any atom is 0.337 e. The van der Waals surface area contributed by atoms with Gasteiger partial charge in [0.2, 0.25) is 0 Å². The number of aliphatic hydroxyl groups is 2. The highest BCUT2D eigenvalue weighted by atomic mass is 16.5. The lowest BCUT2D eigenvalue weighted by Crippen LogP contribution is -2.49. The molecule has 0 aliphatic carbocycles. The summed E-state index contributed by atoms with van der Waals surface area (Å²) < 4.78 is 4.82. The van der Waals surface area contributed by atoms with Gasteiger partial charge in [0.25, 0.3) is 0 Å². The molecule has 0 aliphatic heterocycles. The molecule has 0 saturated carbocycles. The molecule has 5 heteroatoms. The number of aliphatic hydroxyl groups excluding tert-OH is 2. The maximum atomic E-state index is 11.8.